The summed E-state index contributed by atoms with van der Waals surface area (Å²) in [7, 11) is 0. The third-order valence-electron chi connectivity index (χ3n) is 5.22. The van der Waals surface area contributed by atoms with Crippen LogP contribution in [0.15, 0.2) is 89.7 Å². The summed E-state index contributed by atoms with van der Waals surface area (Å²) in [6.07, 6.45) is 0. The first-order chi connectivity index (χ1) is 16.9. The van der Waals surface area contributed by atoms with Gasteiger partial charge in [0.2, 0.25) is 5.43 Å². The number of amides is 1. The van der Waals surface area contributed by atoms with Gasteiger partial charge in [-0.2, -0.15) is 5.10 Å². The molecule has 0 radical (unpaired) electrons. The first-order valence-electron chi connectivity index (χ1n) is 10.8. The number of para-hydroxylation sites is 3. The molecule has 1 aromatic heterocycles. The quantitative estimate of drug-likeness (QED) is 0.308. The Balaban J connectivity index is 1.50. The first kappa shape index (κ1) is 23.4. The Hall–Kier alpha value is -4.79. The van der Waals surface area contributed by atoms with Gasteiger partial charge in [-0.3, -0.25) is 19.7 Å². The summed E-state index contributed by atoms with van der Waals surface area (Å²) in [5.41, 5.74) is 1.17. The minimum absolute atomic E-state index is 0.162. The number of hydrogen-bond donors (Lipinski definition) is 1. The van der Waals surface area contributed by atoms with Crippen LogP contribution >= 0.6 is 0 Å². The highest BCUT2D eigenvalue weighted by atomic mass is 16.6. The second-order valence-corrected chi connectivity index (χ2v) is 7.76. The highest BCUT2D eigenvalue weighted by Crippen LogP contribution is 2.22. The molecule has 0 aliphatic rings. The molecule has 0 saturated carbocycles. The van der Waals surface area contributed by atoms with Gasteiger partial charge >= 0.3 is 0 Å². The summed E-state index contributed by atoms with van der Waals surface area (Å²) in [4.78, 5) is 36.2. The largest absolute Gasteiger partial charge is 0.489 e. The molecule has 1 N–H and O–H groups in total. The Morgan fingerprint density at radius 1 is 1.00 bits per heavy atom. The normalized spacial score (nSPS) is 10.5. The molecule has 176 valence electrons. The van der Waals surface area contributed by atoms with Gasteiger partial charge in [-0.25, -0.2) is 4.68 Å². The smallest absolute Gasteiger partial charge is 0.294 e. The van der Waals surface area contributed by atoms with Gasteiger partial charge in [-0.1, -0.05) is 54.6 Å². The molecule has 9 heteroatoms. The monoisotopic (exact) mass is 470 g/mol. The van der Waals surface area contributed by atoms with E-state index in [0.717, 1.165) is 16.9 Å². The summed E-state index contributed by atoms with van der Waals surface area (Å²) in [6, 6.07) is 24.2. The zero-order valence-corrected chi connectivity index (χ0v) is 18.9. The fourth-order valence-corrected chi connectivity index (χ4v) is 3.53. The van der Waals surface area contributed by atoms with E-state index >= 15 is 0 Å². The number of hydrogen-bond acceptors (Lipinski definition) is 6. The van der Waals surface area contributed by atoms with E-state index in [4.69, 9.17) is 4.74 Å². The molecule has 1 heterocycles. The van der Waals surface area contributed by atoms with Crippen molar-refractivity contribution < 1.29 is 14.5 Å². The standard InChI is InChI=1S/C26H22N4O5/c1-18-14-24(31)25(28-29(18)22-12-5-6-13-23(22)30(33)34)26(32)27-16-19-8-7-9-20(15-19)17-35-21-10-3-2-4-11-21/h2-15H,16-17H2,1H3,(H,27,32). The van der Waals surface area contributed by atoms with E-state index in [1.165, 1.54) is 28.9 Å². The fraction of sp³-hybridized carbons (Fsp3) is 0.115. The zero-order valence-electron chi connectivity index (χ0n) is 18.9. The predicted molar refractivity (Wildman–Crippen MR) is 130 cm³/mol. The average molecular weight is 470 g/mol. The van der Waals surface area contributed by atoms with Gasteiger partial charge in [0, 0.05) is 24.4 Å². The van der Waals surface area contributed by atoms with Gasteiger partial charge < -0.3 is 10.1 Å². The molecule has 0 fully saturated rings. The minimum Gasteiger partial charge on any atom is -0.489 e. The molecule has 0 spiro atoms. The van der Waals surface area contributed by atoms with Crippen molar-refractivity contribution in [1.82, 2.24) is 15.1 Å². The number of ether oxygens (including phenoxy) is 1. The number of carbonyl (C=O) groups is 1. The van der Waals surface area contributed by atoms with Crippen LogP contribution in [0.5, 0.6) is 5.75 Å². The molecule has 4 aromatic rings. The molecule has 3 aromatic carbocycles. The maximum absolute atomic E-state index is 12.8. The third kappa shape index (κ3) is 5.59. The summed E-state index contributed by atoms with van der Waals surface area (Å²) in [5.74, 6) is 0.0832. The van der Waals surface area contributed by atoms with Gasteiger partial charge in [0.25, 0.3) is 11.6 Å². The van der Waals surface area contributed by atoms with E-state index < -0.39 is 16.3 Å². The first-order valence-corrected chi connectivity index (χ1v) is 10.8. The molecule has 0 aliphatic carbocycles. The SMILES string of the molecule is Cc1cc(=O)c(C(=O)NCc2cccc(COc3ccccc3)c2)nn1-c1ccccc1[N+](=O)[O-]. The van der Waals surface area contributed by atoms with Crippen molar-refractivity contribution in [2.24, 2.45) is 0 Å². The molecular formula is C26H22N4O5. The summed E-state index contributed by atoms with van der Waals surface area (Å²) in [6.45, 7) is 2.13. The van der Waals surface area contributed by atoms with E-state index in [2.05, 4.69) is 10.4 Å². The van der Waals surface area contributed by atoms with E-state index in [1.54, 1.807) is 13.0 Å². The second-order valence-electron chi connectivity index (χ2n) is 7.76. The summed E-state index contributed by atoms with van der Waals surface area (Å²) < 4.78 is 6.99. The van der Waals surface area contributed by atoms with Crippen molar-refractivity contribution in [2.45, 2.75) is 20.1 Å². The Kier molecular flexibility index (Phi) is 6.96. The van der Waals surface area contributed by atoms with Crippen molar-refractivity contribution in [3.8, 4) is 11.4 Å². The summed E-state index contributed by atoms with van der Waals surface area (Å²) in [5, 5.41) is 18.3. The molecule has 0 atom stereocenters. The zero-order chi connectivity index (χ0) is 24.8. The Morgan fingerprint density at radius 3 is 2.49 bits per heavy atom. The molecule has 0 aliphatic heterocycles. The number of benzene rings is 3. The summed E-state index contributed by atoms with van der Waals surface area (Å²) >= 11 is 0. The van der Waals surface area contributed by atoms with Crippen LogP contribution in [0.1, 0.15) is 27.3 Å². The topological polar surface area (TPSA) is 116 Å². The van der Waals surface area contributed by atoms with Crippen LogP contribution < -0.4 is 15.5 Å². The van der Waals surface area contributed by atoms with E-state index in [0.29, 0.717) is 12.3 Å². The van der Waals surface area contributed by atoms with Crippen LogP contribution in [0.4, 0.5) is 5.69 Å². The number of aromatic nitrogens is 2. The lowest BCUT2D eigenvalue weighted by Crippen LogP contribution is -2.31. The maximum Gasteiger partial charge on any atom is 0.294 e. The van der Waals surface area contributed by atoms with Crippen LogP contribution in [0.25, 0.3) is 5.69 Å². The van der Waals surface area contributed by atoms with Crippen LogP contribution in [0.3, 0.4) is 0 Å². The number of aryl methyl sites for hydroxylation is 1. The molecule has 0 unspecified atom stereocenters. The number of nitro benzene ring substituents is 1. The number of nitro groups is 1. The Bertz CT molecular complexity index is 1430. The number of carbonyl (C=O) groups excluding carboxylic acids is 1. The Labute approximate surface area is 200 Å². The van der Waals surface area contributed by atoms with Crippen molar-refractivity contribution >= 4 is 11.6 Å². The van der Waals surface area contributed by atoms with Gasteiger partial charge in [0.1, 0.15) is 18.0 Å². The van der Waals surface area contributed by atoms with Gasteiger partial charge in [-0.15, -0.1) is 0 Å². The van der Waals surface area contributed by atoms with Crippen LogP contribution in [0.2, 0.25) is 0 Å². The molecule has 9 nitrogen and oxygen atoms in total. The lowest BCUT2D eigenvalue weighted by molar-refractivity contribution is -0.384. The van der Waals surface area contributed by atoms with Gasteiger partial charge in [0.05, 0.1) is 4.92 Å². The van der Waals surface area contributed by atoms with E-state index in [-0.39, 0.29) is 23.6 Å². The maximum atomic E-state index is 12.8. The van der Waals surface area contributed by atoms with Crippen molar-refractivity contribution in [2.75, 3.05) is 0 Å². The van der Waals surface area contributed by atoms with Gasteiger partial charge in [0.15, 0.2) is 5.69 Å². The van der Waals surface area contributed by atoms with Crippen LogP contribution in [-0.2, 0) is 13.2 Å². The minimum atomic E-state index is -0.673. The lowest BCUT2D eigenvalue weighted by atomic mass is 10.1. The second kappa shape index (κ2) is 10.4. The molecule has 4 rings (SSSR count). The highest BCUT2D eigenvalue weighted by molar-refractivity contribution is 5.92. The number of nitrogens with zero attached hydrogens (tertiary/aromatic N) is 3. The van der Waals surface area contributed by atoms with Crippen LogP contribution in [-0.4, -0.2) is 20.6 Å². The Morgan fingerprint density at radius 2 is 1.71 bits per heavy atom. The van der Waals surface area contributed by atoms with Crippen LogP contribution in [0, 0.1) is 17.0 Å². The molecule has 0 saturated heterocycles. The molecule has 1 amide bonds. The number of nitrogens with one attached hydrogen (secondary N) is 1. The van der Waals surface area contributed by atoms with Crippen molar-refractivity contribution in [3.63, 3.8) is 0 Å². The lowest BCUT2D eigenvalue weighted by Gasteiger charge is -2.12. The van der Waals surface area contributed by atoms with Gasteiger partial charge in [-0.05, 0) is 36.2 Å². The fourth-order valence-electron chi connectivity index (χ4n) is 3.53. The highest BCUT2D eigenvalue weighted by Gasteiger charge is 2.20. The number of rotatable bonds is 8. The van der Waals surface area contributed by atoms with Crippen molar-refractivity contribution in [3.05, 3.63) is 128 Å². The molecule has 0 bridgehead atoms. The molecule has 35 heavy (non-hydrogen) atoms. The average Bonchev–Trinajstić information content (AvgIpc) is 2.87. The molecular weight excluding hydrogens is 448 g/mol. The van der Waals surface area contributed by atoms with E-state index in [9.17, 15) is 19.7 Å². The predicted octanol–water partition coefficient (Wildman–Crippen LogP) is 3.96. The van der Waals surface area contributed by atoms with E-state index in [1.807, 2.05) is 54.6 Å². The third-order valence-corrected chi connectivity index (χ3v) is 5.22. The van der Waals surface area contributed by atoms with Crippen molar-refractivity contribution in [1.29, 1.82) is 0 Å².